The van der Waals surface area contributed by atoms with Crippen LogP contribution in [-0.2, 0) is 7.05 Å². The molecule has 5 heteroatoms. The Kier molecular flexibility index (Phi) is 1.73. The standard InChI is InChI=1S/C11H10N4O/c1-15-8-5-3-2-4-7(8)10(14-15)9-6-13-11(12)16-9/h2-6H,1H3,(H2,12,13). The van der Waals surface area contributed by atoms with Gasteiger partial charge in [0.1, 0.15) is 5.69 Å². The van der Waals surface area contributed by atoms with Crippen molar-refractivity contribution < 1.29 is 4.42 Å². The van der Waals surface area contributed by atoms with Crippen LogP contribution in [0, 0.1) is 0 Å². The van der Waals surface area contributed by atoms with E-state index in [0.29, 0.717) is 5.76 Å². The van der Waals surface area contributed by atoms with E-state index in [1.165, 1.54) is 0 Å². The van der Waals surface area contributed by atoms with Crippen LogP contribution >= 0.6 is 0 Å². The molecule has 5 nitrogen and oxygen atoms in total. The summed E-state index contributed by atoms with van der Waals surface area (Å²) in [4.78, 5) is 3.87. The molecule has 0 radical (unpaired) electrons. The predicted molar refractivity (Wildman–Crippen MR) is 60.6 cm³/mol. The SMILES string of the molecule is Cn1nc(-c2cnc(N)o2)c2ccccc21. The highest BCUT2D eigenvalue weighted by Crippen LogP contribution is 2.28. The zero-order valence-corrected chi connectivity index (χ0v) is 8.71. The van der Waals surface area contributed by atoms with Gasteiger partial charge in [0.15, 0.2) is 5.76 Å². The van der Waals surface area contributed by atoms with Crippen molar-refractivity contribution in [2.75, 3.05) is 5.73 Å². The van der Waals surface area contributed by atoms with Crippen molar-refractivity contribution in [3.63, 3.8) is 0 Å². The van der Waals surface area contributed by atoms with E-state index in [-0.39, 0.29) is 6.01 Å². The number of nitrogens with zero attached hydrogens (tertiary/aromatic N) is 3. The first-order valence-corrected chi connectivity index (χ1v) is 4.89. The van der Waals surface area contributed by atoms with Crippen LogP contribution in [0.4, 0.5) is 6.01 Å². The Morgan fingerprint density at radius 2 is 2.12 bits per heavy atom. The summed E-state index contributed by atoms with van der Waals surface area (Å²) >= 11 is 0. The fraction of sp³-hybridized carbons (Fsp3) is 0.0909. The van der Waals surface area contributed by atoms with Crippen LogP contribution in [0.3, 0.4) is 0 Å². The van der Waals surface area contributed by atoms with Gasteiger partial charge in [-0.05, 0) is 6.07 Å². The highest BCUT2D eigenvalue weighted by Gasteiger charge is 2.13. The van der Waals surface area contributed by atoms with E-state index < -0.39 is 0 Å². The third kappa shape index (κ3) is 1.18. The smallest absolute Gasteiger partial charge is 0.292 e. The van der Waals surface area contributed by atoms with Crippen LogP contribution in [0.5, 0.6) is 0 Å². The third-order valence-corrected chi connectivity index (χ3v) is 2.51. The molecule has 0 amide bonds. The van der Waals surface area contributed by atoms with E-state index in [1.54, 1.807) is 6.20 Å². The van der Waals surface area contributed by atoms with Gasteiger partial charge in [0.05, 0.1) is 11.7 Å². The highest BCUT2D eigenvalue weighted by molar-refractivity contribution is 5.91. The summed E-state index contributed by atoms with van der Waals surface area (Å²) in [6.07, 6.45) is 1.59. The second-order valence-electron chi connectivity index (χ2n) is 3.55. The summed E-state index contributed by atoms with van der Waals surface area (Å²) in [5.74, 6) is 0.592. The minimum absolute atomic E-state index is 0.157. The number of anilines is 1. The van der Waals surface area contributed by atoms with Gasteiger partial charge < -0.3 is 10.2 Å². The summed E-state index contributed by atoms with van der Waals surface area (Å²) in [6.45, 7) is 0. The van der Waals surface area contributed by atoms with Gasteiger partial charge in [-0.2, -0.15) is 5.10 Å². The number of oxazole rings is 1. The number of nitrogens with two attached hydrogens (primary N) is 1. The number of rotatable bonds is 1. The fourth-order valence-corrected chi connectivity index (χ4v) is 1.79. The number of hydrogen-bond acceptors (Lipinski definition) is 4. The van der Waals surface area contributed by atoms with Crippen LogP contribution < -0.4 is 5.73 Å². The second kappa shape index (κ2) is 3.10. The van der Waals surface area contributed by atoms with Gasteiger partial charge in [0, 0.05) is 12.4 Å². The number of aromatic nitrogens is 3. The molecule has 0 spiro atoms. The molecule has 3 aromatic rings. The van der Waals surface area contributed by atoms with Gasteiger partial charge in [-0.25, -0.2) is 4.98 Å². The second-order valence-corrected chi connectivity index (χ2v) is 3.55. The third-order valence-electron chi connectivity index (χ3n) is 2.51. The summed E-state index contributed by atoms with van der Waals surface area (Å²) < 4.78 is 7.09. The molecule has 2 heterocycles. The Hall–Kier alpha value is -2.30. The number of aryl methyl sites for hydroxylation is 1. The van der Waals surface area contributed by atoms with E-state index in [9.17, 15) is 0 Å². The van der Waals surface area contributed by atoms with Crippen molar-refractivity contribution in [2.24, 2.45) is 7.05 Å². The molecule has 3 rings (SSSR count). The molecular formula is C11H10N4O. The molecule has 0 aliphatic rings. The van der Waals surface area contributed by atoms with E-state index in [1.807, 2.05) is 36.0 Å². The van der Waals surface area contributed by atoms with E-state index in [0.717, 1.165) is 16.6 Å². The first kappa shape index (κ1) is 8.96. The van der Waals surface area contributed by atoms with Crippen LogP contribution in [-0.4, -0.2) is 14.8 Å². The largest absolute Gasteiger partial charge is 0.422 e. The lowest BCUT2D eigenvalue weighted by molar-refractivity contribution is 0.591. The molecule has 80 valence electrons. The molecule has 16 heavy (non-hydrogen) atoms. The fourth-order valence-electron chi connectivity index (χ4n) is 1.79. The van der Waals surface area contributed by atoms with Crippen molar-refractivity contribution in [3.8, 4) is 11.5 Å². The monoisotopic (exact) mass is 214 g/mol. The van der Waals surface area contributed by atoms with Gasteiger partial charge in [-0.15, -0.1) is 0 Å². The maximum atomic E-state index is 5.45. The maximum absolute atomic E-state index is 5.45. The number of hydrogen-bond donors (Lipinski definition) is 1. The van der Waals surface area contributed by atoms with Crippen LogP contribution in [0.1, 0.15) is 0 Å². The van der Waals surface area contributed by atoms with Crippen molar-refractivity contribution >= 4 is 16.9 Å². The van der Waals surface area contributed by atoms with Crippen LogP contribution in [0.25, 0.3) is 22.4 Å². The predicted octanol–water partition coefficient (Wildman–Crippen LogP) is 1.81. The van der Waals surface area contributed by atoms with Gasteiger partial charge in [-0.3, -0.25) is 4.68 Å². The molecule has 0 aliphatic carbocycles. The van der Waals surface area contributed by atoms with Gasteiger partial charge >= 0.3 is 0 Å². The minimum Gasteiger partial charge on any atom is -0.422 e. The molecule has 2 N–H and O–H groups in total. The topological polar surface area (TPSA) is 69.9 Å². The van der Waals surface area contributed by atoms with Gasteiger partial charge in [-0.1, -0.05) is 18.2 Å². The number of fused-ring (bicyclic) bond motifs is 1. The van der Waals surface area contributed by atoms with Crippen molar-refractivity contribution in [2.45, 2.75) is 0 Å². The number of nitrogen functional groups attached to an aromatic ring is 1. The lowest BCUT2D eigenvalue weighted by Gasteiger charge is -1.90. The Balaban J connectivity index is 2.32. The zero-order chi connectivity index (χ0) is 11.1. The van der Waals surface area contributed by atoms with E-state index in [4.69, 9.17) is 10.2 Å². The van der Waals surface area contributed by atoms with Crippen molar-refractivity contribution in [1.29, 1.82) is 0 Å². The molecule has 0 saturated heterocycles. The van der Waals surface area contributed by atoms with E-state index >= 15 is 0 Å². The average Bonchev–Trinajstić information content (AvgIpc) is 2.84. The summed E-state index contributed by atoms with van der Waals surface area (Å²) in [5, 5.41) is 5.43. The average molecular weight is 214 g/mol. The molecule has 0 atom stereocenters. The molecule has 0 fully saturated rings. The molecule has 0 unspecified atom stereocenters. The van der Waals surface area contributed by atoms with Crippen molar-refractivity contribution in [1.82, 2.24) is 14.8 Å². The van der Waals surface area contributed by atoms with Gasteiger partial charge in [0.2, 0.25) is 0 Å². The first-order valence-electron chi connectivity index (χ1n) is 4.89. The maximum Gasteiger partial charge on any atom is 0.292 e. The van der Waals surface area contributed by atoms with Crippen LogP contribution in [0.2, 0.25) is 0 Å². The lowest BCUT2D eigenvalue weighted by atomic mass is 10.2. The van der Waals surface area contributed by atoms with Gasteiger partial charge in [0.25, 0.3) is 6.01 Å². The Morgan fingerprint density at radius 1 is 1.31 bits per heavy atom. The molecule has 1 aromatic carbocycles. The number of para-hydroxylation sites is 1. The Labute approximate surface area is 91.5 Å². The van der Waals surface area contributed by atoms with Crippen molar-refractivity contribution in [3.05, 3.63) is 30.5 Å². The summed E-state index contributed by atoms with van der Waals surface area (Å²) in [6, 6.07) is 8.10. The van der Waals surface area contributed by atoms with E-state index in [2.05, 4.69) is 10.1 Å². The summed E-state index contributed by atoms with van der Waals surface area (Å²) in [5.41, 5.74) is 7.27. The summed E-state index contributed by atoms with van der Waals surface area (Å²) in [7, 11) is 1.89. The lowest BCUT2D eigenvalue weighted by Crippen LogP contribution is -1.88. The molecule has 0 bridgehead atoms. The molecular weight excluding hydrogens is 204 g/mol. The highest BCUT2D eigenvalue weighted by atomic mass is 16.4. The molecule has 0 saturated carbocycles. The molecule has 0 aliphatic heterocycles. The minimum atomic E-state index is 0.157. The first-order chi connectivity index (χ1) is 7.75. The molecule has 2 aromatic heterocycles. The zero-order valence-electron chi connectivity index (χ0n) is 8.71. The Morgan fingerprint density at radius 3 is 2.88 bits per heavy atom. The van der Waals surface area contributed by atoms with Crippen LogP contribution in [0.15, 0.2) is 34.9 Å². The Bertz CT molecular complexity index is 653. The number of benzene rings is 1. The normalized spacial score (nSPS) is 11.1. The quantitative estimate of drug-likeness (QED) is 0.670.